The van der Waals surface area contributed by atoms with Gasteiger partial charge in [-0.25, -0.2) is 9.78 Å². The summed E-state index contributed by atoms with van der Waals surface area (Å²) in [5, 5.41) is 3.33. The third kappa shape index (κ3) is 3.00. The van der Waals surface area contributed by atoms with Gasteiger partial charge in [0.1, 0.15) is 5.82 Å². The standard InChI is InChI=1S/C14H20N2O2/c1-9(11-4-5-11)8-15-13-7-6-12(10(2)16-13)14(17)18-3/h6-7,9,11H,4-5,8H2,1-3H3,(H,15,16). The molecule has 4 nitrogen and oxygen atoms in total. The van der Waals surface area contributed by atoms with E-state index in [-0.39, 0.29) is 5.97 Å². The maximum Gasteiger partial charge on any atom is 0.339 e. The van der Waals surface area contributed by atoms with Crippen LogP contribution in [-0.2, 0) is 4.74 Å². The minimum Gasteiger partial charge on any atom is -0.465 e. The molecule has 1 aromatic heterocycles. The van der Waals surface area contributed by atoms with Gasteiger partial charge in [-0.05, 0) is 43.7 Å². The molecule has 1 atom stereocenters. The van der Waals surface area contributed by atoms with E-state index in [1.807, 2.05) is 13.0 Å². The molecule has 0 saturated heterocycles. The monoisotopic (exact) mass is 248 g/mol. The molecule has 18 heavy (non-hydrogen) atoms. The molecule has 0 radical (unpaired) electrons. The van der Waals surface area contributed by atoms with Gasteiger partial charge in [0.05, 0.1) is 18.4 Å². The fraction of sp³-hybridized carbons (Fsp3) is 0.571. The third-order valence-corrected chi connectivity index (χ3v) is 3.52. The summed E-state index contributed by atoms with van der Waals surface area (Å²) in [4.78, 5) is 15.8. The summed E-state index contributed by atoms with van der Waals surface area (Å²) in [6.45, 7) is 5.02. The molecule has 1 aliphatic carbocycles. The van der Waals surface area contributed by atoms with Crippen LogP contribution in [0.3, 0.4) is 0 Å². The summed E-state index contributed by atoms with van der Waals surface area (Å²) in [5.74, 6) is 2.06. The summed E-state index contributed by atoms with van der Waals surface area (Å²) >= 11 is 0. The SMILES string of the molecule is COC(=O)c1ccc(NCC(C)C2CC2)nc1C. The Bertz CT molecular complexity index is 441. The molecule has 1 aromatic rings. The normalized spacial score (nSPS) is 16.2. The Balaban J connectivity index is 1.97. The average molecular weight is 248 g/mol. The molecular weight excluding hydrogens is 228 g/mol. The van der Waals surface area contributed by atoms with Gasteiger partial charge in [0.15, 0.2) is 0 Å². The van der Waals surface area contributed by atoms with Gasteiger partial charge < -0.3 is 10.1 Å². The summed E-state index contributed by atoms with van der Waals surface area (Å²) in [7, 11) is 1.38. The van der Waals surface area contributed by atoms with Gasteiger partial charge in [0, 0.05) is 6.54 Å². The third-order valence-electron chi connectivity index (χ3n) is 3.52. The lowest BCUT2D eigenvalue weighted by molar-refractivity contribution is 0.0599. The predicted octanol–water partition coefficient (Wildman–Crippen LogP) is 2.63. The second kappa shape index (κ2) is 5.38. The number of aryl methyl sites for hydroxylation is 1. The van der Waals surface area contributed by atoms with E-state index in [1.165, 1.54) is 20.0 Å². The number of pyridine rings is 1. The number of anilines is 1. The number of hydrogen-bond donors (Lipinski definition) is 1. The second-order valence-electron chi connectivity index (χ2n) is 5.02. The van der Waals surface area contributed by atoms with Crippen molar-refractivity contribution in [1.82, 2.24) is 4.98 Å². The second-order valence-corrected chi connectivity index (χ2v) is 5.02. The van der Waals surface area contributed by atoms with Crippen LogP contribution in [0.2, 0.25) is 0 Å². The molecule has 4 heteroatoms. The number of aromatic nitrogens is 1. The number of hydrogen-bond acceptors (Lipinski definition) is 4. The quantitative estimate of drug-likeness (QED) is 0.814. The van der Waals surface area contributed by atoms with Crippen molar-refractivity contribution in [2.75, 3.05) is 19.0 Å². The van der Waals surface area contributed by atoms with Crippen LogP contribution in [0, 0.1) is 18.8 Å². The van der Waals surface area contributed by atoms with Gasteiger partial charge in [0.2, 0.25) is 0 Å². The van der Waals surface area contributed by atoms with Crippen LogP contribution in [0.4, 0.5) is 5.82 Å². The van der Waals surface area contributed by atoms with E-state index in [1.54, 1.807) is 6.07 Å². The van der Waals surface area contributed by atoms with Crippen LogP contribution < -0.4 is 5.32 Å². The Kier molecular flexibility index (Phi) is 3.84. The molecule has 0 aliphatic heterocycles. The number of carbonyl (C=O) groups is 1. The lowest BCUT2D eigenvalue weighted by atomic mass is 10.1. The molecule has 1 aliphatic rings. The van der Waals surface area contributed by atoms with E-state index >= 15 is 0 Å². The van der Waals surface area contributed by atoms with Gasteiger partial charge in [-0.15, -0.1) is 0 Å². The molecule has 1 N–H and O–H groups in total. The highest BCUT2D eigenvalue weighted by molar-refractivity contribution is 5.90. The molecule has 1 fully saturated rings. The molecular formula is C14H20N2O2. The first-order valence-corrected chi connectivity index (χ1v) is 6.41. The number of ether oxygens (including phenoxy) is 1. The van der Waals surface area contributed by atoms with Gasteiger partial charge in [-0.3, -0.25) is 0 Å². The smallest absolute Gasteiger partial charge is 0.339 e. The highest BCUT2D eigenvalue weighted by atomic mass is 16.5. The summed E-state index contributed by atoms with van der Waals surface area (Å²) in [6.07, 6.45) is 2.72. The highest BCUT2D eigenvalue weighted by Crippen LogP contribution is 2.36. The zero-order valence-corrected chi connectivity index (χ0v) is 11.2. The van der Waals surface area contributed by atoms with Crippen molar-refractivity contribution in [3.63, 3.8) is 0 Å². The minimum absolute atomic E-state index is 0.335. The molecule has 1 saturated carbocycles. The number of methoxy groups -OCH3 is 1. The molecule has 2 rings (SSSR count). The molecule has 0 amide bonds. The lowest BCUT2D eigenvalue weighted by Gasteiger charge is -2.13. The van der Waals surface area contributed by atoms with Crippen LogP contribution in [0.1, 0.15) is 35.8 Å². The van der Waals surface area contributed by atoms with Crippen molar-refractivity contribution in [3.8, 4) is 0 Å². The minimum atomic E-state index is -0.335. The van der Waals surface area contributed by atoms with E-state index in [0.29, 0.717) is 17.2 Å². The summed E-state index contributed by atoms with van der Waals surface area (Å²) in [6, 6.07) is 3.59. The zero-order valence-electron chi connectivity index (χ0n) is 11.2. The maximum atomic E-state index is 11.4. The molecule has 0 bridgehead atoms. The highest BCUT2D eigenvalue weighted by Gasteiger charge is 2.27. The first-order valence-electron chi connectivity index (χ1n) is 6.41. The summed E-state index contributed by atoms with van der Waals surface area (Å²) in [5.41, 5.74) is 1.23. The molecule has 98 valence electrons. The predicted molar refractivity (Wildman–Crippen MR) is 70.7 cm³/mol. The van der Waals surface area contributed by atoms with Crippen LogP contribution >= 0.6 is 0 Å². The van der Waals surface area contributed by atoms with Crippen LogP contribution in [0.25, 0.3) is 0 Å². The lowest BCUT2D eigenvalue weighted by Crippen LogP contribution is -2.14. The number of nitrogens with zero attached hydrogens (tertiary/aromatic N) is 1. The van der Waals surface area contributed by atoms with E-state index in [9.17, 15) is 4.79 Å². The topological polar surface area (TPSA) is 51.2 Å². The van der Waals surface area contributed by atoms with Gasteiger partial charge >= 0.3 is 5.97 Å². The fourth-order valence-corrected chi connectivity index (χ4v) is 2.08. The van der Waals surface area contributed by atoms with Crippen LogP contribution in [-0.4, -0.2) is 24.6 Å². The van der Waals surface area contributed by atoms with Crippen molar-refractivity contribution < 1.29 is 9.53 Å². The van der Waals surface area contributed by atoms with Crippen LogP contribution in [0.5, 0.6) is 0 Å². The fourth-order valence-electron chi connectivity index (χ4n) is 2.08. The average Bonchev–Trinajstić information content (AvgIpc) is 3.19. The van der Waals surface area contributed by atoms with E-state index < -0.39 is 0 Å². The van der Waals surface area contributed by atoms with Crippen molar-refractivity contribution in [2.24, 2.45) is 11.8 Å². The maximum absolute atomic E-state index is 11.4. The Morgan fingerprint density at radius 2 is 2.28 bits per heavy atom. The number of esters is 1. The Morgan fingerprint density at radius 3 is 2.83 bits per heavy atom. The van der Waals surface area contributed by atoms with E-state index in [0.717, 1.165) is 18.3 Å². The van der Waals surface area contributed by atoms with Gasteiger partial charge in [-0.2, -0.15) is 0 Å². The van der Waals surface area contributed by atoms with Crippen molar-refractivity contribution >= 4 is 11.8 Å². The summed E-state index contributed by atoms with van der Waals surface area (Å²) < 4.78 is 4.70. The Hall–Kier alpha value is -1.58. The van der Waals surface area contributed by atoms with E-state index in [2.05, 4.69) is 17.2 Å². The van der Waals surface area contributed by atoms with Gasteiger partial charge in [-0.1, -0.05) is 6.92 Å². The first-order chi connectivity index (χ1) is 8.61. The first kappa shape index (κ1) is 12.9. The largest absolute Gasteiger partial charge is 0.465 e. The van der Waals surface area contributed by atoms with Crippen molar-refractivity contribution in [2.45, 2.75) is 26.7 Å². The number of nitrogens with one attached hydrogen (secondary N) is 1. The van der Waals surface area contributed by atoms with Gasteiger partial charge in [0.25, 0.3) is 0 Å². The molecule has 0 spiro atoms. The molecule has 0 aromatic carbocycles. The van der Waals surface area contributed by atoms with Crippen LogP contribution in [0.15, 0.2) is 12.1 Å². The molecule has 1 heterocycles. The number of rotatable bonds is 5. The molecule has 1 unspecified atom stereocenters. The number of carbonyl (C=O) groups excluding carboxylic acids is 1. The zero-order chi connectivity index (χ0) is 13.1. The van der Waals surface area contributed by atoms with Crippen molar-refractivity contribution in [3.05, 3.63) is 23.4 Å². The van der Waals surface area contributed by atoms with Crippen molar-refractivity contribution in [1.29, 1.82) is 0 Å². The Labute approximate surface area is 108 Å². The van der Waals surface area contributed by atoms with E-state index in [4.69, 9.17) is 4.74 Å². The Morgan fingerprint density at radius 1 is 1.56 bits per heavy atom.